The van der Waals surface area contributed by atoms with E-state index < -0.39 is 0 Å². The van der Waals surface area contributed by atoms with Crippen molar-refractivity contribution in [2.75, 3.05) is 13.1 Å². The second-order valence-corrected chi connectivity index (χ2v) is 5.86. The van der Waals surface area contributed by atoms with Gasteiger partial charge in [-0.2, -0.15) is 0 Å². The SMILES string of the molecule is CCCC(C)(C(=O)c1ccccc1C)N1CCCC1. The fourth-order valence-corrected chi connectivity index (χ4v) is 3.23. The van der Waals surface area contributed by atoms with Gasteiger partial charge in [0.2, 0.25) is 0 Å². The van der Waals surface area contributed by atoms with Gasteiger partial charge >= 0.3 is 0 Å². The van der Waals surface area contributed by atoms with E-state index in [4.69, 9.17) is 0 Å². The third-order valence-electron chi connectivity index (χ3n) is 4.42. The van der Waals surface area contributed by atoms with Crippen molar-refractivity contribution in [3.05, 3.63) is 35.4 Å². The standard InChI is InChI=1S/C17H25NO/c1-4-11-17(3,18-12-7-8-13-18)16(19)15-10-6-5-9-14(15)2/h5-6,9-10H,4,7-8,11-13H2,1-3H3. The Labute approximate surface area is 116 Å². The predicted octanol–water partition coefficient (Wildman–Crippen LogP) is 3.83. The molecule has 2 nitrogen and oxygen atoms in total. The van der Waals surface area contributed by atoms with Crippen LogP contribution in [-0.4, -0.2) is 29.3 Å². The van der Waals surface area contributed by atoms with E-state index in [0.29, 0.717) is 5.78 Å². The van der Waals surface area contributed by atoms with Gasteiger partial charge in [-0.3, -0.25) is 9.69 Å². The number of hydrogen-bond donors (Lipinski definition) is 0. The van der Waals surface area contributed by atoms with Crippen molar-refractivity contribution in [1.82, 2.24) is 4.90 Å². The van der Waals surface area contributed by atoms with E-state index in [1.165, 1.54) is 12.8 Å². The van der Waals surface area contributed by atoms with Crippen molar-refractivity contribution in [1.29, 1.82) is 0 Å². The summed E-state index contributed by atoms with van der Waals surface area (Å²) >= 11 is 0. The first-order chi connectivity index (χ1) is 9.09. The topological polar surface area (TPSA) is 20.3 Å². The predicted molar refractivity (Wildman–Crippen MR) is 79.6 cm³/mol. The summed E-state index contributed by atoms with van der Waals surface area (Å²) in [4.78, 5) is 15.4. The summed E-state index contributed by atoms with van der Waals surface area (Å²) in [5.41, 5.74) is 1.66. The number of Topliss-reactive ketones (excluding diaryl/α,β-unsaturated/α-hetero) is 1. The highest BCUT2D eigenvalue weighted by Gasteiger charge is 2.40. The normalized spacial score (nSPS) is 19.3. The zero-order valence-electron chi connectivity index (χ0n) is 12.4. The Balaban J connectivity index is 2.33. The molecule has 2 heteroatoms. The monoisotopic (exact) mass is 259 g/mol. The van der Waals surface area contributed by atoms with E-state index in [1.807, 2.05) is 31.2 Å². The minimum Gasteiger partial charge on any atom is -0.292 e. The number of nitrogens with zero attached hydrogens (tertiary/aromatic N) is 1. The van der Waals surface area contributed by atoms with Gasteiger partial charge in [0.25, 0.3) is 0 Å². The summed E-state index contributed by atoms with van der Waals surface area (Å²) in [6.07, 6.45) is 4.44. The summed E-state index contributed by atoms with van der Waals surface area (Å²) in [7, 11) is 0. The van der Waals surface area contributed by atoms with Gasteiger partial charge in [0.05, 0.1) is 5.54 Å². The molecule has 0 amide bonds. The zero-order valence-corrected chi connectivity index (χ0v) is 12.4. The highest BCUT2D eigenvalue weighted by Crippen LogP contribution is 2.30. The van der Waals surface area contributed by atoms with Crippen molar-refractivity contribution in [2.45, 2.75) is 52.0 Å². The minimum atomic E-state index is -0.322. The average Bonchev–Trinajstić information content (AvgIpc) is 2.93. The second kappa shape index (κ2) is 5.87. The van der Waals surface area contributed by atoms with Crippen LogP contribution < -0.4 is 0 Å². The Bertz CT molecular complexity index is 448. The van der Waals surface area contributed by atoms with Crippen LogP contribution in [0.4, 0.5) is 0 Å². The van der Waals surface area contributed by atoms with Crippen LogP contribution in [-0.2, 0) is 0 Å². The van der Waals surface area contributed by atoms with Crippen LogP contribution >= 0.6 is 0 Å². The molecular weight excluding hydrogens is 234 g/mol. The van der Waals surface area contributed by atoms with Crippen LogP contribution in [0.15, 0.2) is 24.3 Å². The fourth-order valence-electron chi connectivity index (χ4n) is 3.23. The molecule has 0 radical (unpaired) electrons. The second-order valence-electron chi connectivity index (χ2n) is 5.86. The maximum absolute atomic E-state index is 13.0. The Morgan fingerprint density at radius 1 is 1.26 bits per heavy atom. The van der Waals surface area contributed by atoms with Gasteiger partial charge in [-0.05, 0) is 51.8 Å². The molecule has 1 aliphatic rings. The number of rotatable bonds is 5. The number of carbonyl (C=O) groups excluding carboxylic acids is 1. The van der Waals surface area contributed by atoms with Crippen molar-refractivity contribution >= 4 is 5.78 Å². The lowest BCUT2D eigenvalue weighted by Gasteiger charge is -2.37. The molecule has 0 aliphatic carbocycles. The lowest BCUT2D eigenvalue weighted by Crippen LogP contribution is -2.51. The van der Waals surface area contributed by atoms with E-state index >= 15 is 0 Å². The van der Waals surface area contributed by atoms with E-state index in [2.05, 4.69) is 18.7 Å². The van der Waals surface area contributed by atoms with Gasteiger partial charge in [0.15, 0.2) is 5.78 Å². The molecule has 2 rings (SSSR count). The van der Waals surface area contributed by atoms with Crippen LogP contribution in [0.2, 0.25) is 0 Å². The average molecular weight is 259 g/mol. The molecule has 1 aliphatic heterocycles. The third-order valence-corrected chi connectivity index (χ3v) is 4.42. The molecule has 1 atom stereocenters. The summed E-state index contributed by atoms with van der Waals surface area (Å²) in [5, 5.41) is 0. The molecular formula is C17H25NO. The number of carbonyl (C=O) groups is 1. The molecule has 0 saturated carbocycles. The van der Waals surface area contributed by atoms with Crippen molar-refractivity contribution in [2.24, 2.45) is 0 Å². The van der Waals surface area contributed by atoms with Gasteiger partial charge in [-0.15, -0.1) is 0 Å². The van der Waals surface area contributed by atoms with E-state index in [-0.39, 0.29) is 5.54 Å². The molecule has 104 valence electrons. The Morgan fingerprint density at radius 3 is 2.47 bits per heavy atom. The first kappa shape index (κ1) is 14.3. The highest BCUT2D eigenvalue weighted by molar-refractivity contribution is 6.04. The summed E-state index contributed by atoms with van der Waals surface area (Å²) in [6, 6.07) is 7.97. The minimum absolute atomic E-state index is 0.300. The van der Waals surface area contributed by atoms with Gasteiger partial charge in [0.1, 0.15) is 0 Å². The molecule has 19 heavy (non-hydrogen) atoms. The van der Waals surface area contributed by atoms with Gasteiger partial charge in [0, 0.05) is 5.56 Å². The molecule has 1 fully saturated rings. The van der Waals surface area contributed by atoms with Crippen molar-refractivity contribution < 1.29 is 4.79 Å². The summed E-state index contributed by atoms with van der Waals surface area (Å²) in [6.45, 7) is 8.46. The lowest BCUT2D eigenvalue weighted by atomic mass is 9.84. The lowest BCUT2D eigenvalue weighted by molar-refractivity contribution is 0.0631. The van der Waals surface area contributed by atoms with Crippen LogP contribution in [0.5, 0.6) is 0 Å². The Hall–Kier alpha value is -1.15. The number of hydrogen-bond acceptors (Lipinski definition) is 2. The van der Waals surface area contributed by atoms with E-state index in [1.54, 1.807) is 0 Å². The molecule has 1 unspecified atom stereocenters. The first-order valence-electron chi connectivity index (χ1n) is 7.45. The largest absolute Gasteiger partial charge is 0.292 e. The van der Waals surface area contributed by atoms with Crippen LogP contribution in [0.25, 0.3) is 0 Å². The number of likely N-dealkylation sites (tertiary alicyclic amines) is 1. The number of aryl methyl sites for hydroxylation is 1. The fraction of sp³-hybridized carbons (Fsp3) is 0.588. The summed E-state index contributed by atoms with van der Waals surface area (Å²) < 4.78 is 0. The molecule has 1 aromatic rings. The molecule has 1 heterocycles. The molecule has 0 bridgehead atoms. The summed E-state index contributed by atoms with van der Waals surface area (Å²) in [5.74, 6) is 0.300. The molecule has 1 aromatic carbocycles. The maximum Gasteiger partial charge on any atom is 0.183 e. The Kier molecular flexibility index (Phi) is 4.41. The zero-order chi connectivity index (χ0) is 13.9. The van der Waals surface area contributed by atoms with Crippen molar-refractivity contribution in [3.63, 3.8) is 0 Å². The highest BCUT2D eigenvalue weighted by atomic mass is 16.1. The van der Waals surface area contributed by atoms with Gasteiger partial charge in [-0.25, -0.2) is 0 Å². The number of benzene rings is 1. The molecule has 0 spiro atoms. The van der Waals surface area contributed by atoms with Gasteiger partial charge in [-0.1, -0.05) is 37.6 Å². The van der Waals surface area contributed by atoms with Gasteiger partial charge < -0.3 is 0 Å². The third kappa shape index (κ3) is 2.74. The molecule has 0 aromatic heterocycles. The quantitative estimate of drug-likeness (QED) is 0.749. The van der Waals surface area contributed by atoms with Crippen LogP contribution in [0.1, 0.15) is 55.5 Å². The van der Waals surface area contributed by atoms with Crippen LogP contribution in [0.3, 0.4) is 0 Å². The number of ketones is 1. The maximum atomic E-state index is 13.0. The Morgan fingerprint density at radius 2 is 1.89 bits per heavy atom. The molecule has 1 saturated heterocycles. The molecule has 0 N–H and O–H groups in total. The van der Waals surface area contributed by atoms with E-state index in [0.717, 1.165) is 37.1 Å². The van der Waals surface area contributed by atoms with Crippen molar-refractivity contribution in [3.8, 4) is 0 Å². The first-order valence-corrected chi connectivity index (χ1v) is 7.45. The smallest absolute Gasteiger partial charge is 0.183 e. The van der Waals surface area contributed by atoms with Crippen LogP contribution in [0, 0.1) is 6.92 Å². The van der Waals surface area contributed by atoms with E-state index in [9.17, 15) is 4.79 Å².